The van der Waals surface area contributed by atoms with Gasteiger partial charge >= 0.3 is 0 Å². The first-order valence-electron chi connectivity index (χ1n) is 6.42. The highest BCUT2D eigenvalue weighted by Gasteiger charge is 2.08. The number of rotatable bonds is 2. The zero-order valence-electron chi connectivity index (χ0n) is 11.3. The zero-order chi connectivity index (χ0) is 15.4. The fourth-order valence-corrected chi connectivity index (χ4v) is 3.50. The average molecular weight is 388 g/mol. The molecule has 0 saturated carbocycles. The van der Waals surface area contributed by atoms with E-state index >= 15 is 0 Å². The van der Waals surface area contributed by atoms with Crippen LogP contribution in [0.2, 0.25) is 0 Å². The highest BCUT2D eigenvalue weighted by molar-refractivity contribution is 9.11. The van der Waals surface area contributed by atoms with Crippen molar-refractivity contribution in [1.29, 1.82) is 0 Å². The number of carbonyl (C=O) groups is 1. The lowest BCUT2D eigenvalue weighted by atomic mass is 10.2. The van der Waals surface area contributed by atoms with Crippen LogP contribution in [0.1, 0.15) is 20.8 Å². The van der Waals surface area contributed by atoms with Gasteiger partial charge in [-0.15, -0.1) is 22.7 Å². The Kier molecular flexibility index (Phi) is 4.74. The first kappa shape index (κ1) is 15.0. The number of carbonyl (C=O) groups excluding carboxylic acids is 1. The Morgan fingerprint density at radius 3 is 2.73 bits per heavy atom. The van der Waals surface area contributed by atoms with Crippen molar-refractivity contribution in [3.63, 3.8) is 0 Å². The molecule has 0 aliphatic rings. The summed E-state index contributed by atoms with van der Waals surface area (Å²) in [6.07, 6.45) is 0. The molecule has 0 unspecified atom stereocenters. The summed E-state index contributed by atoms with van der Waals surface area (Å²) >= 11 is 6.46. The molecule has 3 aromatic rings. The highest BCUT2D eigenvalue weighted by Crippen LogP contribution is 2.21. The number of halogens is 1. The van der Waals surface area contributed by atoms with Crippen LogP contribution in [-0.2, 0) is 0 Å². The van der Waals surface area contributed by atoms with Crippen molar-refractivity contribution in [2.24, 2.45) is 0 Å². The smallest absolute Gasteiger partial charge is 0.256 e. The lowest BCUT2D eigenvalue weighted by Crippen LogP contribution is -2.10. The number of hydrogen-bond acceptors (Lipinski definition) is 3. The number of benzene rings is 1. The van der Waals surface area contributed by atoms with Gasteiger partial charge in [-0.2, -0.15) is 0 Å². The van der Waals surface area contributed by atoms with E-state index < -0.39 is 0 Å². The van der Waals surface area contributed by atoms with Crippen LogP contribution in [0.3, 0.4) is 0 Å². The number of nitrogens with one attached hydrogen (secondary N) is 1. The van der Waals surface area contributed by atoms with Gasteiger partial charge in [0.1, 0.15) is 0 Å². The summed E-state index contributed by atoms with van der Waals surface area (Å²) in [5, 5.41) is 6.71. The first-order chi connectivity index (χ1) is 10.7. The third-order valence-corrected chi connectivity index (χ3v) is 5.09. The minimum Gasteiger partial charge on any atom is -0.322 e. The molecule has 0 aliphatic heterocycles. The molecule has 22 heavy (non-hydrogen) atoms. The molecule has 3 rings (SSSR count). The molecule has 0 spiro atoms. The summed E-state index contributed by atoms with van der Waals surface area (Å²) in [4.78, 5) is 13.1. The van der Waals surface area contributed by atoms with E-state index in [9.17, 15) is 4.79 Å². The van der Waals surface area contributed by atoms with E-state index in [4.69, 9.17) is 0 Å². The van der Waals surface area contributed by atoms with E-state index in [1.165, 1.54) is 11.3 Å². The molecule has 0 atom stereocenters. The molecule has 108 valence electrons. The third kappa shape index (κ3) is 3.86. The third-order valence-electron chi connectivity index (χ3n) is 2.80. The van der Waals surface area contributed by atoms with Gasteiger partial charge in [-0.1, -0.05) is 24.0 Å². The van der Waals surface area contributed by atoms with Gasteiger partial charge in [0, 0.05) is 16.6 Å². The second-order valence-corrected chi connectivity index (χ2v) is 7.64. The van der Waals surface area contributed by atoms with Crippen LogP contribution in [0.15, 0.2) is 57.0 Å². The molecule has 0 radical (unpaired) electrons. The second-order valence-electron chi connectivity index (χ2n) is 4.40. The SMILES string of the molecule is O=C(Nc1cccc(C#Cc2cccs2)c1)c1csc(Br)c1. The lowest BCUT2D eigenvalue weighted by molar-refractivity contribution is 0.102. The molecule has 0 aliphatic carbocycles. The fraction of sp³-hybridized carbons (Fsp3) is 0. The molecular formula is C17H10BrNOS2. The Morgan fingerprint density at radius 2 is 2.00 bits per heavy atom. The van der Waals surface area contributed by atoms with Gasteiger partial charge in [0.05, 0.1) is 14.2 Å². The average Bonchev–Trinajstić information content (AvgIpc) is 3.17. The van der Waals surface area contributed by atoms with Crippen molar-refractivity contribution in [3.05, 3.63) is 73.0 Å². The van der Waals surface area contributed by atoms with Crippen molar-refractivity contribution in [2.75, 3.05) is 5.32 Å². The number of thiophene rings is 2. The van der Waals surface area contributed by atoms with Crippen molar-refractivity contribution in [1.82, 2.24) is 0 Å². The van der Waals surface area contributed by atoms with Crippen molar-refractivity contribution in [2.45, 2.75) is 0 Å². The summed E-state index contributed by atoms with van der Waals surface area (Å²) in [5.74, 6) is 6.10. The minimum atomic E-state index is -0.120. The van der Waals surface area contributed by atoms with Crippen LogP contribution < -0.4 is 5.32 Å². The molecule has 2 nitrogen and oxygen atoms in total. The summed E-state index contributed by atoms with van der Waals surface area (Å²) in [7, 11) is 0. The van der Waals surface area contributed by atoms with Gasteiger partial charge in [0.2, 0.25) is 0 Å². The zero-order valence-corrected chi connectivity index (χ0v) is 14.5. The Balaban J connectivity index is 1.75. The maximum Gasteiger partial charge on any atom is 0.256 e. The topological polar surface area (TPSA) is 29.1 Å². The summed E-state index contributed by atoms with van der Waals surface area (Å²) in [6, 6.07) is 13.3. The van der Waals surface area contributed by atoms with E-state index in [0.717, 1.165) is 19.9 Å². The fourth-order valence-electron chi connectivity index (χ4n) is 1.79. The summed E-state index contributed by atoms with van der Waals surface area (Å²) in [5.41, 5.74) is 2.26. The molecule has 0 fully saturated rings. The van der Waals surface area contributed by atoms with E-state index in [1.54, 1.807) is 17.4 Å². The Morgan fingerprint density at radius 1 is 1.09 bits per heavy atom. The molecular weight excluding hydrogens is 378 g/mol. The number of amides is 1. The van der Waals surface area contributed by atoms with Gasteiger partial charge in [-0.05, 0) is 51.6 Å². The Hall–Kier alpha value is -1.87. The first-order valence-corrected chi connectivity index (χ1v) is 8.97. The molecule has 1 N–H and O–H groups in total. The van der Waals surface area contributed by atoms with Gasteiger partial charge in [-0.25, -0.2) is 0 Å². The van der Waals surface area contributed by atoms with Crippen molar-refractivity contribution < 1.29 is 4.79 Å². The Labute approximate surface area is 144 Å². The molecule has 2 heterocycles. The highest BCUT2D eigenvalue weighted by atomic mass is 79.9. The van der Waals surface area contributed by atoms with Crippen LogP contribution >= 0.6 is 38.6 Å². The van der Waals surface area contributed by atoms with Crippen LogP contribution in [0.25, 0.3) is 0 Å². The molecule has 1 amide bonds. The predicted molar refractivity (Wildman–Crippen MR) is 96.7 cm³/mol. The lowest BCUT2D eigenvalue weighted by Gasteiger charge is -2.03. The molecule has 5 heteroatoms. The monoisotopic (exact) mass is 387 g/mol. The largest absolute Gasteiger partial charge is 0.322 e. The van der Waals surface area contributed by atoms with Crippen LogP contribution in [0, 0.1) is 11.8 Å². The van der Waals surface area contributed by atoms with Crippen LogP contribution in [0.5, 0.6) is 0 Å². The van der Waals surface area contributed by atoms with E-state index in [1.807, 2.05) is 47.2 Å². The van der Waals surface area contributed by atoms with Crippen molar-refractivity contribution >= 4 is 50.2 Å². The molecule has 2 aromatic heterocycles. The molecule has 0 saturated heterocycles. The predicted octanol–water partition coefficient (Wildman–Crippen LogP) is 5.22. The second kappa shape index (κ2) is 6.93. The van der Waals surface area contributed by atoms with E-state index in [0.29, 0.717) is 5.56 Å². The summed E-state index contributed by atoms with van der Waals surface area (Å²) in [6.45, 7) is 0. The summed E-state index contributed by atoms with van der Waals surface area (Å²) < 4.78 is 0.938. The van der Waals surface area contributed by atoms with E-state index in [2.05, 4.69) is 33.1 Å². The minimum absolute atomic E-state index is 0.120. The maximum atomic E-state index is 12.1. The van der Waals surface area contributed by atoms with Crippen LogP contribution in [0.4, 0.5) is 5.69 Å². The standard InChI is InChI=1S/C17H10BrNOS2/c18-16-10-13(11-22-16)17(20)19-14-4-1-3-12(9-14)6-7-15-5-2-8-21-15/h1-5,8-11H,(H,19,20). The van der Waals surface area contributed by atoms with Gasteiger partial charge < -0.3 is 5.32 Å². The van der Waals surface area contributed by atoms with Gasteiger partial charge in [0.15, 0.2) is 0 Å². The van der Waals surface area contributed by atoms with Gasteiger partial charge in [0.25, 0.3) is 5.91 Å². The maximum absolute atomic E-state index is 12.1. The normalized spacial score (nSPS) is 9.86. The van der Waals surface area contributed by atoms with Crippen molar-refractivity contribution in [3.8, 4) is 11.8 Å². The van der Waals surface area contributed by atoms with Gasteiger partial charge in [-0.3, -0.25) is 4.79 Å². The molecule has 1 aromatic carbocycles. The quantitative estimate of drug-likeness (QED) is 0.599. The van der Waals surface area contributed by atoms with E-state index in [-0.39, 0.29) is 5.91 Å². The number of anilines is 1. The Bertz CT molecular complexity index is 856. The number of hydrogen-bond donors (Lipinski definition) is 1. The van der Waals surface area contributed by atoms with Crippen LogP contribution in [-0.4, -0.2) is 5.91 Å². The molecule has 0 bridgehead atoms.